The molecule has 0 saturated heterocycles. The number of aliphatic hydroxyl groups excluding tert-OH is 1. The molecule has 0 radical (unpaired) electrons. The number of unbranched alkanes of at least 4 members (excludes halogenated alkanes) is 46. The number of nitrogens with one attached hydrogen (secondary N) is 1. The summed E-state index contributed by atoms with van der Waals surface area (Å²) in [5.74, 6) is -0.199. The Hall–Kier alpha value is -1.02. The maximum atomic E-state index is 13.0. The van der Waals surface area contributed by atoms with E-state index in [1.165, 1.54) is 276 Å². The first-order valence-corrected chi connectivity index (χ1v) is 34.2. The summed E-state index contributed by atoms with van der Waals surface area (Å²) >= 11 is 0. The Labute approximate surface area is 462 Å². The second-order valence-corrected chi connectivity index (χ2v) is 25.2. The Morgan fingerprint density at radius 2 is 0.757 bits per heavy atom. The van der Waals surface area contributed by atoms with Gasteiger partial charge in [0.05, 0.1) is 39.9 Å². The second-order valence-electron chi connectivity index (χ2n) is 23.8. The highest BCUT2D eigenvalue weighted by Gasteiger charge is 2.23. The van der Waals surface area contributed by atoms with Gasteiger partial charge in [0.15, 0.2) is 0 Å². The van der Waals surface area contributed by atoms with Crippen LogP contribution in [-0.4, -0.2) is 68.5 Å². The van der Waals surface area contributed by atoms with E-state index in [-0.39, 0.29) is 19.1 Å². The summed E-state index contributed by atoms with van der Waals surface area (Å²) in [7, 11) is 1.26. The molecule has 0 aliphatic rings. The number of allylic oxidation sites excluding steroid dienone is 3. The molecule has 0 heterocycles. The number of carbonyl (C=O) groups excluding carboxylic acids is 1. The highest BCUT2D eigenvalue weighted by molar-refractivity contribution is 7.45. The Morgan fingerprint density at radius 1 is 0.459 bits per heavy atom. The lowest BCUT2D eigenvalue weighted by Crippen LogP contribution is -2.45. The van der Waals surface area contributed by atoms with Gasteiger partial charge in [0.2, 0.25) is 5.91 Å². The Bertz CT molecular complexity index is 1260. The molecular formula is C65H129N2O6P. The molecule has 0 aromatic rings. The average molecular weight is 1070 g/mol. The Kier molecular flexibility index (Phi) is 55.9. The third kappa shape index (κ3) is 58.7. The molecular weight excluding hydrogens is 936 g/mol. The van der Waals surface area contributed by atoms with Gasteiger partial charge < -0.3 is 28.8 Å². The van der Waals surface area contributed by atoms with Gasteiger partial charge in [0.25, 0.3) is 7.82 Å². The van der Waals surface area contributed by atoms with E-state index in [4.69, 9.17) is 9.05 Å². The summed E-state index contributed by atoms with van der Waals surface area (Å²) in [5, 5.41) is 13.9. The zero-order chi connectivity index (χ0) is 54.2. The van der Waals surface area contributed by atoms with E-state index in [0.29, 0.717) is 17.4 Å². The number of likely N-dealkylation sites (N-methyl/N-ethyl adjacent to an activating group) is 1. The van der Waals surface area contributed by atoms with E-state index >= 15 is 0 Å². The van der Waals surface area contributed by atoms with E-state index in [1.54, 1.807) is 6.08 Å². The number of amides is 1. The van der Waals surface area contributed by atoms with Crippen molar-refractivity contribution in [1.82, 2.24) is 5.32 Å². The van der Waals surface area contributed by atoms with Crippen molar-refractivity contribution in [2.75, 3.05) is 40.9 Å². The smallest absolute Gasteiger partial charge is 0.268 e. The van der Waals surface area contributed by atoms with Gasteiger partial charge in [-0.3, -0.25) is 9.36 Å². The minimum atomic E-state index is -4.60. The van der Waals surface area contributed by atoms with Gasteiger partial charge >= 0.3 is 0 Å². The van der Waals surface area contributed by atoms with Crippen molar-refractivity contribution in [3.8, 4) is 0 Å². The van der Waals surface area contributed by atoms with Crippen LogP contribution < -0.4 is 10.2 Å². The van der Waals surface area contributed by atoms with Gasteiger partial charge in [-0.1, -0.05) is 321 Å². The number of rotatable bonds is 61. The van der Waals surface area contributed by atoms with Gasteiger partial charge in [-0.05, 0) is 32.1 Å². The standard InChI is InChI=1S/C65H129N2O6P/c1-6-8-10-12-14-16-18-20-22-24-26-28-29-30-31-32-33-34-35-36-37-38-39-41-43-45-47-49-51-53-55-57-59-65(69)66-63(62-73-74(70,71)72-61-60-67(3,4)5)64(68)58-56-54-52-50-48-46-44-42-40-27-25-23-21-19-17-15-13-11-9-7-2/h48,50,56,58,63-64,68H,6-47,49,51-55,57,59-62H2,1-5H3,(H-,66,69,70,71)/b50-48+,58-56+. The molecule has 0 spiro atoms. The second kappa shape index (κ2) is 56.7. The number of carbonyl (C=O) groups is 1. The zero-order valence-corrected chi connectivity index (χ0v) is 51.2. The lowest BCUT2D eigenvalue weighted by atomic mass is 10.0. The van der Waals surface area contributed by atoms with E-state index < -0.39 is 20.0 Å². The number of phosphoric acid groups is 1. The van der Waals surface area contributed by atoms with E-state index in [2.05, 4.69) is 31.3 Å². The predicted molar refractivity (Wildman–Crippen MR) is 321 cm³/mol. The number of hydrogen-bond acceptors (Lipinski definition) is 6. The van der Waals surface area contributed by atoms with Crippen LogP contribution in [0.15, 0.2) is 24.3 Å². The number of aliphatic hydroxyl groups is 1. The highest BCUT2D eigenvalue weighted by Crippen LogP contribution is 2.38. The number of quaternary nitrogens is 1. The van der Waals surface area contributed by atoms with Crippen molar-refractivity contribution in [2.45, 2.75) is 347 Å². The molecule has 0 aliphatic carbocycles. The molecule has 0 aromatic carbocycles. The molecule has 3 unspecified atom stereocenters. The molecule has 3 atom stereocenters. The minimum absolute atomic E-state index is 0.00358. The van der Waals surface area contributed by atoms with Crippen LogP contribution in [0, 0.1) is 0 Å². The lowest BCUT2D eigenvalue weighted by molar-refractivity contribution is -0.870. The van der Waals surface area contributed by atoms with Crippen molar-refractivity contribution < 1.29 is 32.9 Å². The topological polar surface area (TPSA) is 108 Å². The molecule has 8 nitrogen and oxygen atoms in total. The maximum Gasteiger partial charge on any atom is 0.268 e. The lowest BCUT2D eigenvalue weighted by Gasteiger charge is -2.29. The van der Waals surface area contributed by atoms with Crippen LogP contribution in [0.1, 0.15) is 335 Å². The van der Waals surface area contributed by atoms with Crippen LogP contribution >= 0.6 is 7.82 Å². The number of hydrogen-bond donors (Lipinski definition) is 2. The van der Waals surface area contributed by atoms with Crippen molar-refractivity contribution >= 4 is 13.7 Å². The molecule has 0 aliphatic heterocycles. The normalized spacial score (nSPS) is 13.9. The van der Waals surface area contributed by atoms with Crippen LogP contribution in [0.25, 0.3) is 0 Å². The molecule has 1 amide bonds. The summed E-state index contributed by atoms with van der Waals surface area (Å²) in [6, 6.07) is -0.901. The van der Waals surface area contributed by atoms with Crippen molar-refractivity contribution in [2.24, 2.45) is 0 Å². The van der Waals surface area contributed by atoms with E-state index in [9.17, 15) is 19.4 Å². The maximum absolute atomic E-state index is 13.0. The van der Waals surface area contributed by atoms with Crippen LogP contribution in [0.3, 0.4) is 0 Å². The molecule has 2 N–H and O–H groups in total. The third-order valence-electron chi connectivity index (χ3n) is 15.2. The van der Waals surface area contributed by atoms with Gasteiger partial charge in [-0.2, -0.15) is 0 Å². The minimum Gasteiger partial charge on any atom is -0.756 e. The molecule has 440 valence electrons. The van der Waals surface area contributed by atoms with Crippen molar-refractivity contribution in [3.05, 3.63) is 24.3 Å². The average Bonchev–Trinajstić information content (AvgIpc) is 3.36. The fourth-order valence-corrected chi connectivity index (χ4v) is 10.8. The zero-order valence-electron chi connectivity index (χ0n) is 50.3. The fraction of sp³-hybridized carbons (Fsp3) is 0.923. The van der Waals surface area contributed by atoms with Gasteiger partial charge in [0, 0.05) is 6.42 Å². The largest absolute Gasteiger partial charge is 0.756 e. The van der Waals surface area contributed by atoms with Gasteiger partial charge in [0.1, 0.15) is 13.2 Å². The summed E-state index contributed by atoms with van der Waals surface area (Å²) in [4.78, 5) is 25.6. The molecule has 0 saturated carbocycles. The summed E-state index contributed by atoms with van der Waals surface area (Å²) < 4.78 is 23.4. The fourth-order valence-electron chi connectivity index (χ4n) is 10.1. The van der Waals surface area contributed by atoms with E-state index in [0.717, 1.165) is 38.5 Å². The first-order chi connectivity index (χ1) is 36.0. The summed E-state index contributed by atoms with van der Waals surface area (Å²) in [6.07, 6.45) is 73.0. The third-order valence-corrected chi connectivity index (χ3v) is 16.1. The van der Waals surface area contributed by atoms with Crippen molar-refractivity contribution in [3.63, 3.8) is 0 Å². The van der Waals surface area contributed by atoms with Crippen molar-refractivity contribution in [1.29, 1.82) is 0 Å². The monoisotopic (exact) mass is 1060 g/mol. The molecule has 0 aromatic heterocycles. The quantitative estimate of drug-likeness (QED) is 0.0272. The predicted octanol–water partition coefficient (Wildman–Crippen LogP) is 19.7. The van der Waals surface area contributed by atoms with Crippen LogP contribution in [-0.2, 0) is 18.4 Å². The highest BCUT2D eigenvalue weighted by atomic mass is 31.2. The molecule has 0 rings (SSSR count). The summed E-state index contributed by atoms with van der Waals surface area (Å²) in [6.45, 7) is 4.68. The number of nitrogens with zero attached hydrogens (tertiary/aromatic N) is 1. The molecule has 0 fully saturated rings. The Balaban J connectivity index is 4.05. The summed E-state index contributed by atoms with van der Waals surface area (Å²) in [5.41, 5.74) is 0. The van der Waals surface area contributed by atoms with Crippen LogP contribution in [0.2, 0.25) is 0 Å². The van der Waals surface area contributed by atoms with Crippen LogP contribution in [0.4, 0.5) is 0 Å². The Morgan fingerprint density at radius 3 is 1.09 bits per heavy atom. The molecule has 0 bridgehead atoms. The first kappa shape index (κ1) is 73.0. The van der Waals surface area contributed by atoms with Crippen LogP contribution in [0.5, 0.6) is 0 Å². The van der Waals surface area contributed by atoms with Gasteiger partial charge in [-0.15, -0.1) is 0 Å². The number of phosphoric ester groups is 1. The van der Waals surface area contributed by atoms with Gasteiger partial charge in [-0.25, -0.2) is 0 Å². The molecule has 9 heteroatoms. The van der Waals surface area contributed by atoms with E-state index in [1.807, 2.05) is 27.2 Å². The SMILES string of the molecule is CCCCCCCCCCCCCCCC/C=C/CC/C=C/C(O)C(COP(=O)([O-])OCC[N+](C)(C)C)NC(=O)CCCCCCCCCCCCCCCCCCCCCCCCCCCCCCCCCC. The first-order valence-electron chi connectivity index (χ1n) is 32.7. The molecule has 74 heavy (non-hydrogen) atoms.